The van der Waals surface area contributed by atoms with E-state index in [-0.39, 0.29) is 18.4 Å². The lowest BCUT2D eigenvalue weighted by molar-refractivity contribution is -0.136. The van der Waals surface area contributed by atoms with Crippen LogP contribution < -0.4 is 5.32 Å². The second-order valence-corrected chi connectivity index (χ2v) is 4.04. The quantitative estimate of drug-likeness (QED) is 0.688. The standard InChI is InChI=1S/C11H22N2O2/c1-2-13(7-4-8-14)11(15)10-5-3-6-12-9-10/h10,12,14H,2-9H2,1H3. The Morgan fingerprint density at radius 2 is 2.40 bits per heavy atom. The molecule has 4 heteroatoms. The third-order valence-corrected chi connectivity index (χ3v) is 2.93. The maximum Gasteiger partial charge on any atom is 0.226 e. The average molecular weight is 214 g/mol. The number of rotatable bonds is 5. The van der Waals surface area contributed by atoms with Gasteiger partial charge >= 0.3 is 0 Å². The summed E-state index contributed by atoms with van der Waals surface area (Å²) in [5.74, 6) is 0.399. The highest BCUT2D eigenvalue weighted by Crippen LogP contribution is 2.13. The van der Waals surface area contributed by atoms with Crippen LogP contribution in [0.5, 0.6) is 0 Å². The Morgan fingerprint density at radius 1 is 1.60 bits per heavy atom. The van der Waals surface area contributed by atoms with Crippen LogP contribution in [0, 0.1) is 5.92 Å². The van der Waals surface area contributed by atoms with Crippen LogP contribution in [-0.2, 0) is 4.79 Å². The van der Waals surface area contributed by atoms with Gasteiger partial charge in [0.2, 0.25) is 5.91 Å². The van der Waals surface area contributed by atoms with Gasteiger partial charge in [-0.05, 0) is 32.7 Å². The molecule has 0 radical (unpaired) electrons. The number of amides is 1. The maximum absolute atomic E-state index is 12.0. The fraction of sp³-hybridized carbons (Fsp3) is 0.909. The molecule has 0 spiro atoms. The number of nitrogens with zero attached hydrogens (tertiary/aromatic N) is 1. The summed E-state index contributed by atoms with van der Waals surface area (Å²) >= 11 is 0. The maximum atomic E-state index is 12.0. The van der Waals surface area contributed by atoms with Crippen LogP contribution in [-0.4, -0.2) is 48.7 Å². The summed E-state index contributed by atoms with van der Waals surface area (Å²) in [4.78, 5) is 13.9. The van der Waals surface area contributed by atoms with E-state index >= 15 is 0 Å². The van der Waals surface area contributed by atoms with E-state index in [4.69, 9.17) is 5.11 Å². The molecule has 1 rings (SSSR count). The number of piperidine rings is 1. The van der Waals surface area contributed by atoms with Gasteiger partial charge in [0.1, 0.15) is 0 Å². The van der Waals surface area contributed by atoms with Gasteiger partial charge < -0.3 is 15.3 Å². The van der Waals surface area contributed by atoms with E-state index in [1.54, 1.807) is 0 Å². The largest absolute Gasteiger partial charge is 0.396 e. The summed E-state index contributed by atoms with van der Waals surface area (Å²) in [6.45, 7) is 5.43. The summed E-state index contributed by atoms with van der Waals surface area (Å²) in [6.07, 6.45) is 2.77. The van der Waals surface area contributed by atoms with Crippen molar-refractivity contribution in [2.45, 2.75) is 26.2 Å². The van der Waals surface area contributed by atoms with Gasteiger partial charge in [0.05, 0.1) is 5.92 Å². The second-order valence-electron chi connectivity index (χ2n) is 4.04. The molecule has 0 bridgehead atoms. The van der Waals surface area contributed by atoms with Gasteiger partial charge in [-0.3, -0.25) is 4.79 Å². The normalized spacial score (nSPS) is 21.3. The highest BCUT2D eigenvalue weighted by atomic mass is 16.3. The molecule has 88 valence electrons. The van der Waals surface area contributed by atoms with Crippen LogP contribution in [0.3, 0.4) is 0 Å². The Hall–Kier alpha value is -0.610. The predicted molar refractivity (Wildman–Crippen MR) is 59.6 cm³/mol. The molecule has 1 unspecified atom stereocenters. The van der Waals surface area contributed by atoms with Gasteiger partial charge in [-0.2, -0.15) is 0 Å². The number of aliphatic hydroxyl groups excluding tert-OH is 1. The molecule has 1 fully saturated rings. The lowest BCUT2D eigenvalue weighted by Gasteiger charge is -2.28. The van der Waals surface area contributed by atoms with Crippen molar-refractivity contribution in [1.29, 1.82) is 0 Å². The van der Waals surface area contributed by atoms with Crippen molar-refractivity contribution < 1.29 is 9.90 Å². The van der Waals surface area contributed by atoms with Gasteiger partial charge in [0, 0.05) is 26.2 Å². The van der Waals surface area contributed by atoms with E-state index in [1.165, 1.54) is 0 Å². The lowest BCUT2D eigenvalue weighted by atomic mass is 9.98. The first kappa shape index (κ1) is 12.5. The van der Waals surface area contributed by atoms with Crippen molar-refractivity contribution in [3.8, 4) is 0 Å². The van der Waals surface area contributed by atoms with Gasteiger partial charge in [-0.25, -0.2) is 0 Å². The third-order valence-electron chi connectivity index (χ3n) is 2.93. The van der Waals surface area contributed by atoms with E-state index in [2.05, 4.69) is 5.32 Å². The molecule has 4 nitrogen and oxygen atoms in total. The fourth-order valence-corrected chi connectivity index (χ4v) is 2.01. The molecule has 1 heterocycles. The molecule has 1 aliphatic rings. The van der Waals surface area contributed by atoms with Crippen molar-refractivity contribution in [1.82, 2.24) is 10.2 Å². The first-order valence-corrected chi connectivity index (χ1v) is 5.90. The minimum Gasteiger partial charge on any atom is -0.396 e. The van der Waals surface area contributed by atoms with Crippen LogP contribution in [0.4, 0.5) is 0 Å². The first-order valence-electron chi connectivity index (χ1n) is 5.90. The van der Waals surface area contributed by atoms with Crippen LogP contribution in [0.1, 0.15) is 26.2 Å². The van der Waals surface area contributed by atoms with E-state index in [9.17, 15) is 4.79 Å². The summed E-state index contributed by atoms with van der Waals surface area (Å²) in [6, 6.07) is 0. The molecule has 1 saturated heterocycles. The van der Waals surface area contributed by atoms with Crippen LogP contribution in [0.25, 0.3) is 0 Å². The van der Waals surface area contributed by atoms with Gasteiger partial charge in [-0.15, -0.1) is 0 Å². The third kappa shape index (κ3) is 3.80. The second kappa shape index (κ2) is 6.80. The number of hydrogen-bond acceptors (Lipinski definition) is 3. The molecule has 0 aromatic carbocycles. The highest BCUT2D eigenvalue weighted by molar-refractivity contribution is 5.79. The fourth-order valence-electron chi connectivity index (χ4n) is 2.01. The van der Waals surface area contributed by atoms with Gasteiger partial charge in [0.15, 0.2) is 0 Å². The molecule has 1 amide bonds. The van der Waals surface area contributed by atoms with Crippen LogP contribution >= 0.6 is 0 Å². The van der Waals surface area contributed by atoms with Gasteiger partial charge in [-0.1, -0.05) is 0 Å². The zero-order chi connectivity index (χ0) is 11.1. The molecular weight excluding hydrogens is 192 g/mol. The topological polar surface area (TPSA) is 52.6 Å². The molecule has 0 aromatic heterocycles. The number of carbonyl (C=O) groups excluding carboxylic acids is 1. The monoisotopic (exact) mass is 214 g/mol. The van der Waals surface area contributed by atoms with Crippen molar-refractivity contribution in [3.63, 3.8) is 0 Å². The zero-order valence-corrected chi connectivity index (χ0v) is 9.54. The Bertz CT molecular complexity index is 191. The van der Waals surface area contributed by atoms with Crippen LogP contribution in [0.15, 0.2) is 0 Å². The SMILES string of the molecule is CCN(CCCO)C(=O)C1CCCNC1. The van der Waals surface area contributed by atoms with E-state index in [0.29, 0.717) is 13.0 Å². The Labute approximate surface area is 91.6 Å². The lowest BCUT2D eigenvalue weighted by Crippen LogP contribution is -2.43. The number of carbonyl (C=O) groups is 1. The Kier molecular flexibility index (Phi) is 5.65. The minimum absolute atomic E-state index is 0.150. The summed E-state index contributed by atoms with van der Waals surface area (Å²) in [7, 11) is 0. The van der Waals surface area contributed by atoms with Crippen molar-refractivity contribution in [3.05, 3.63) is 0 Å². The number of nitrogens with one attached hydrogen (secondary N) is 1. The van der Waals surface area contributed by atoms with Crippen molar-refractivity contribution in [2.75, 3.05) is 32.8 Å². The van der Waals surface area contributed by atoms with Crippen molar-refractivity contribution in [2.24, 2.45) is 5.92 Å². The number of hydrogen-bond donors (Lipinski definition) is 2. The summed E-state index contributed by atoms with van der Waals surface area (Å²) < 4.78 is 0. The Balaban J connectivity index is 2.40. The summed E-state index contributed by atoms with van der Waals surface area (Å²) in [5, 5.41) is 12.0. The molecule has 15 heavy (non-hydrogen) atoms. The molecule has 0 saturated carbocycles. The molecule has 0 aliphatic carbocycles. The predicted octanol–water partition coefficient (Wildman–Crippen LogP) is 0.217. The van der Waals surface area contributed by atoms with E-state index in [0.717, 1.165) is 32.5 Å². The average Bonchev–Trinajstić information content (AvgIpc) is 2.31. The summed E-state index contributed by atoms with van der Waals surface area (Å²) in [5.41, 5.74) is 0. The van der Waals surface area contributed by atoms with Crippen molar-refractivity contribution >= 4 is 5.91 Å². The first-order chi connectivity index (χ1) is 7.29. The van der Waals surface area contributed by atoms with E-state index < -0.39 is 0 Å². The minimum atomic E-state index is 0.150. The molecule has 1 aliphatic heterocycles. The number of aliphatic hydroxyl groups is 1. The molecular formula is C11H22N2O2. The molecule has 1 atom stereocenters. The smallest absolute Gasteiger partial charge is 0.226 e. The molecule has 0 aromatic rings. The zero-order valence-electron chi connectivity index (χ0n) is 9.54. The highest BCUT2D eigenvalue weighted by Gasteiger charge is 2.24. The van der Waals surface area contributed by atoms with Crippen LogP contribution in [0.2, 0.25) is 0 Å². The Morgan fingerprint density at radius 3 is 2.93 bits per heavy atom. The van der Waals surface area contributed by atoms with Gasteiger partial charge in [0.25, 0.3) is 0 Å². The molecule has 2 N–H and O–H groups in total. The van der Waals surface area contributed by atoms with E-state index in [1.807, 2.05) is 11.8 Å².